The number of fused-ring (bicyclic) bond motifs is 1. The van der Waals surface area contributed by atoms with E-state index in [2.05, 4.69) is 15.6 Å². The molecule has 3 amide bonds. The molecule has 15 heteroatoms. The van der Waals surface area contributed by atoms with Gasteiger partial charge in [0.1, 0.15) is 5.75 Å². The number of halogens is 7. The molecule has 0 spiro atoms. The van der Waals surface area contributed by atoms with Gasteiger partial charge in [-0.25, -0.2) is 4.99 Å². The number of ether oxygens (including phenoxy) is 1. The number of nitrogens with two attached hydrogens (primary N) is 1. The van der Waals surface area contributed by atoms with E-state index in [4.69, 9.17) is 22.1 Å². The van der Waals surface area contributed by atoms with Gasteiger partial charge < -0.3 is 21.1 Å². The topological polar surface area (TPSA) is 123 Å². The molecule has 3 atom stereocenters. The van der Waals surface area contributed by atoms with Crippen molar-refractivity contribution < 1.29 is 45.5 Å². The fourth-order valence-corrected chi connectivity index (χ4v) is 4.47. The van der Waals surface area contributed by atoms with E-state index in [-0.39, 0.29) is 17.1 Å². The normalized spacial score (nSPS) is 16.9. The molecule has 222 valence electrons. The Morgan fingerprint density at radius 3 is 2.15 bits per heavy atom. The fourth-order valence-electron chi connectivity index (χ4n) is 4.35. The second-order valence-electron chi connectivity index (χ2n) is 9.19. The number of primary amides is 1. The minimum atomic E-state index is -4.79. The van der Waals surface area contributed by atoms with Crippen LogP contribution in [0.4, 0.5) is 32.0 Å². The summed E-state index contributed by atoms with van der Waals surface area (Å²) in [7, 11) is 1.35. The highest BCUT2D eigenvalue weighted by Gasteiger charge is 2.40. The summed E-state index contributed by atoms with van der Waals surface area (Å²) in [5.74, 6) is -7.20. The van der Waals surface area contributed by atoms with Crippen molar-refractivity contribution in [3.63, 3.8) is 0 Å². The average Bonchev–Trinajstić information content (AvgIpc) is 3.01. The summed E-state index contributed by atoms with van der Waals surface area (Å²) in [5, 5.41) is 5.15. The van der Waals surface area contributed by atoms with Crippen LogP contribution in [0.5, 0.6) is 5.75 Å². The summed E-state index contributed by atoms with van der Waals surface area (Å²) >= 11 is 5.99. The molecule has 0 fully saturated rings. The van der Waals surface area contributed by atoms with E-state index < -0.39 is 73.8 Å². The van der Waals surface area contributed by atoms with Crippen LogP contribution in [0, 0.1) is 11.8 Å². The van der Waals surface area contributed by atoms with E-state index >= 15 is 0 Å². The largest absolute Gasteiger partial charge is 0.495 e. The lowest BCUT2D eigenvalue weighted by atomic mass is 9.83. The minimum Gasteiger partial charge on any atom is -0.495 e. The number of nitrogens with zero attached hydrogens (tertiary/aromatic N) is 1. The minimum absolute atomic E-state index is 0.162. The van der Waals surface area contributed by atoms with Gasteiger partial charge in [0.15, 0.2) is 0 Å². The van der Waals surface area contributed by atoms with Crippen LogP contribution in [0.25, 0.3) is 0 Å². The Labute approximate surface area is 235 Å². The highest BCUT2D eigenvalue weighted by Crippen LogP contribution is 2.35. The number of amides is 3. The number of anilines is 1. The van der Waals surface area contributed by atoms with E-state index in [1.54, 1.807) is 30.3 Å². The van der Waals surface area contributed by atoms with Crippen molar-refractivity contribution in [3.8, 4) is 5.75 Å². The monoisotopic (exact) mass is 606 g/mol. The number of rotatable bonds is 10. The van der Waals surface area contributed by atoms with Crippen LogP contribution in [0.2, 0.25) is 5.02 Å². The molecule has 0 unspecified atom stereocenters. The maximum absolute atomic E-state index is 13.3. The van der Waals surface area contributed by atoms with Crippen molar-refractivity contribution in [1.82, 2.24) is 5.32 Å². The number of para-hydroxylation sites is 1. The summed E-state index contributed by atoms with van der Waals surface area (Å²) in [4.78, 5) is 42.9. The van der Waals surface area contributed by atoms with E-state index in [0.29, 0.717) is 16.1 Å². The Bertz CT molecular complexity index is 1310. The van der Waals surface area contributed by atoms with Gasteiger partial charge in [-0.05, 0) is 31.0 Å². The lowest BCUT2D eigenvalue weighted by molar-refractivity contribution is -0.152. The molecule has 0 aromatic heterocycles. The van der Waals surface area contributed by atoms with Crippen molar-refractivity contribution in [2.45, 2.75) is 44.2 Å². The molecule has 3 rings (SSSR count). The fraction of sp³-hybridized carbons (Fsp3) is 0.385. The van der Waals surface area contributed by atoms with Crippen LogP contribution in [-0.4, -0.2) is 49.1 Å². The Morgan fingerprint density at radius 1 is 1.02 bits per heavy atom. The number of hydrogen-bond donors (Lipinski definition) is 3. The second kappa shape index (κ2) is 12.8. The van der Waals surface area contributed by atoms with Gasteiger partial charge in [-0.1, -0.05) is 35.9 Å². The molecule has 0 bridgehead atoms. The lowest BCUT2D eigenvalue weighted by Gasteiger charge is -2.26. The Morgan fingerprint density at radius 2 is 1.61 bits per heavy atom. The third kappa shape index (κ3) is 8.59. The van der Waals surface area contributed by atoms with Gasteiger partial charge in [0.25, 0.3) is 5.91 Å². The number of benzodiazepines with no additional fused rings is 1. The number of aliphatic imine (C=N–C) groups is 1. The number of methoxy groups -OCH3 is 1. The van der Waals surface area contributed by atoms with Crippen molar-refractivity contribution in [2.24, 2.45) is 22.6 Å². The van der Waals surface area contributed by atoms with Crippen LogP contribution < -0.4 is 21.1 Å². The molecule has 2 aromatic carbocycles. The van der Waals surface area contributed by atoms with E-state index in [0.717, 1.165) is 0 Å². The lowest BCUT2D eigenvalue weighted by Crippen LogP contribution is -2.48. The van der Waals surface area contributed by atoms with Crippen LogP contribution in [0.3, 0.4) is 0 Å². The maximum Gasteiger partial charge on any atom is 0.389 e. The van der Waals surface area contributed by atoms with Crippen molar-refractivity contribution in [2.75, 3.05) is 12.4 Å². The standard InChI is InChI=1S/C26H25ClF6N4O4/c1-41-18-4-2-3-17-19(13-5-7-14(27)8-6-13)35-22(24(40)36-20(17)18)37-23(39)16(10-12-26(31,32)33)15(21(34)38)9-11-25(28,29)30/h2-8,15-16,22H,9-12H2,1H3,(H2,34,38)(H,36,40)(H,37,39)/t15-,16+,22+/m0/s1. The Kier molecular flexibility index (Phi) is 9.89. The predicted octanol–water partition coefficient (Wildman–Crippen LogP) is 4.98. The molecule has 1 heterocycles. The molecule has 8 nitrogen and oxygen atoms in total. The molecule has 1 aliphatic rings. The van der Waals surface area contributed by atoms with Gasteiger partial charge in [0.05, 0.1) is 18.5 Å². The van der Waals surface area contributed by atoms with Gasteiger partial charge in [-0.15, -0.1) is 0 Å². The summed E-state index contributed by atoms with van der Waals surface area (Å²) < 4.78 is 83.1. The predicted molar refractivity (Wildman–Crippen MR) is 137 cm³/mol. The van der Waals surface area contributed by atoms with Gasteiger partial charge in [-0.2, -0.15) is 26.3 Å². The van der Waals surface area contributed by atoms with Crippen molar-refractivity contribution in [1.29, 1.82) is 0 Å². The highest BCUT2D eigenvalue weighted by atomic mass is 35.5. The number of alkyl halides is 6. The highest BCUT2D eigenvalue weighted by molar-refractivity contribution is 6.31. The zero-order chi connectivity index (χ0) is 30.5. The van der Waals surface area contributed by atoms with Gasteiger partial charge in [0, 0.05) is 40.8 Å². The average molecular weight is 607 g/mol. The molecule has 2 aromatic rings. The smallest absolute Gasteiger partial charge is 0.389 e. The molecule has 0 aliphatic carbocycles. The number of carbonyl (C=O) groups is 3. The van der Waals surface area contributed by atoms with Gasteiger partial charge >= 0.3 is 12.4 Å². The maximum atomic E-state index is 13.3. The Balaban J connectivity index is 2.03. The first-order valence-electron chi connectivity index (χ1n) is 12.1. The molecular formula is C26H25ClF6N4O4. The van der Waals surface area contributed by atoms with Crippen molar-refractivity contribution in [3.05, 3.63) is 58.6 Å². The zero-order valence-corrected chi connectivity index (χ0v) is 22.2. The van der Waals surface area contributed by atoms with Crippen LogP contribution in [-0.2, 0) is 14.4 Å². The molecule has 4 N–H and O–H groups in total. The zero-order valence-electron chi connectivity index (χ0n) is 21.4. The summed E-state index contributed by atoms with van der Waals surface area (Å²) in [6.07, 6.45) is -16.5. The first-order valence-corrected chi connectivity index (χ1v) is 12.5. The second-order valence-corrected chi connectivity index (χ2v) is 9.63. The summed E-state index contributed by atoms with van der Waals surface area (Å²) in [5.41, 5.74) is 6.38. The number of benzene rings is 2. The molecular weight excluding hydrogens is 582 g/mol. The number of nitrogens with one attached hydrogen (secondary N) is 2. The molecule has 1 aliphatic heterocycles. The number of carbonyl (C=O) groups excluding carboxylic acids is 3. The summed E-state index contributed by atoms with van der Waals surface area (Å²) in [6, 6.07) is 11.0. The first-order chi connectivity index (χ1) is 19.1. The summed E-state index contributed by atoms with van der Waals surface area (Å²) in [6.45, 7) is 0. The van der Waals surface area contributed by atoms with E-state index in [1.807, 2.05) is 0 Å². The molecule has 0 radical (unpaired) electrons. The van der Waals surface area contributed by atoms with Crippen LogP contribution in [0.1, 0.15) is 36.8 Å². The SMILES string of the molecule is COc1cccc2c1NC(=O)[C@@H](NC(=O)[C@H](CCC(F)(F)F)[C@H](CCC(F)(F)F)C(N)=O)N=C2c1ccc(Cl)cc1. The third-order valence-electron chi connectivity index (χ3n) is 6.32. The quantitative estimate of drug-likeness (QED) is 0.330. The molecule has 0 saturated heterocycles. The van der Waals surface area contributed by atoms with Gasteiger partial charge in [0.2, 0.25) is 18.0 Å². The van der Waals surface area contributed by atoms with Crippen molar-refractivity contribution >= 4 is 40.7 Å². The van der Waals surface area contributed by atoms with E-state index in [1.165, 1.54) is 19.2 Å². The first kappa shape index (κ1) is 31.7. The third-order valence-corrected chi connectivity index (χ3v) is 6.57. The Hall–Kier alpha value is -3.81. The van der Waals surface area contributed by atoms with Gasteiger partial charge in [-0.3, -0.25) is 14.4 Å². The number of hydrogen-bond acceptors (Lipinski definition) is 5. The molecule has 41 heavy (non-hydrogen) atoms. The molecule has 0 saturated carbocycles. The van der Waals surface area contributed by atoms with Crippen LogP contribution in [0.15, 0.2) is 47.5 Å². The van der Waals surface area contributed by atoms with Crippen LogP contribution >= 0.6 is 11.6 Å². The van der Waals surface area contributed by atoms with E-state index in [9.17, 15) is 40.7 Å².